The van der Waals surface area contributed by atoms with Gasteiger partial charge in [-0.05, 0) is 39.1 Å². The van der Waals surface area contributed by atoms with E-state index in [1.54, 1.807) is 0 Å². The van der Waals surface area contributed by atoms with Crippen LogP contribution in [-0.4, -0.2) is 55.6 Å². The summed E-state index contributed by atoms with van der Waals surface area (Å²) < 4.78 is 0. The van der Waals surface area contributed by atoms with Crippen LogP contribution in [0.15, 0.2) is 10.3 Å². The Morgan fingerprint density at radius 2 is 1.44 bits per heavy atom. The molecule has 0 spiro atoms. The number of nitrogens with zero attached hydrogens (tertiary/aromatic N) is 4. The van der Waals surface area contributed by atoms with Gasteiger partial charge in [-0.3, -0.25) is 0 Å². The van der Waals surface area contributed by atoms with Gasteiger partial charge < -0.3 is 15.6 Å². The molecule has 0 unspecified atom stereocenters. The van der Waals surface area contributed by atoms with Gasteiger partial charge in [0.25, 0.3) is 0 Å². The average Bonchev–Trinajstić information content (AvgIpc) is 2.32. The first-order valence-corrected chi connectivity index (χ1v) is 6.29. The summed E-state index contributed by atoms with van der Waals surface area (Å²) in [4.78, 5) is 4.84. The summed E-state index contributed by atoms with van der Waals surface area (Å²) in [6.07, 6.45) is 1.22. The van der Waals surface area contributed by atoms with E-state index in [0.717, 1.165) is 32.7 Å². The number of hydrogen-bond donors (Lipinski definition) is 1. The molecule has 0 fully saturated rings. The number of rotatable bonds is 10. The molecule has 0 saturated heterocycles. The average molecular weight is 229 g/mol. The van der Waals surface area contributed by atoms with E-state index in [9.17, 15) is 0 Å². The fraction of sp³-hybridized carbons (Fsp3) is 1.00. The minimum atomic E-state index is 0.704. The second kappa shape index (κ2) is 10.8. The summed E-state index contributed by atoms with van der Waals surface area (Å²) in [5.74, 6) is 4.97. The first-order chi connectivity index (χ1) is 7.78. The smallest absolute Gasteiger partial charge is 0.0747 e. The van der Waals surface area contributed by atoms with Gasteiger partial charge in [-0.2, -0.15) is 5.11 Å². The fourth-order valence-electron chi connectivity index (χ4n) is 1.73. The molecule has 2 N–H and O–H groups in total. The van der Waals surface area contributed by atoms with E-state index >= 15 is 0 Å². The van der Waals surface area contributed by atoms with E-state index in [0.29, 0.717) is 6.54 Å². The van der Waals surface area contributed by atoms with E-state index in [1.165, 1.54) is 13.0 Å². The molecule has 0 aliphatic rings. The van der Waals surface area contributed by atoms with Crippen LogP contribution in [0.1, 0.15) is 27.2 Å². The van der Waals surface area contributed by atoms with Crippen molar-refractivity contribution in [2.75, 3.05) is 45.8 Å². The molecule has 0 radical (unpaired) electrons. The van der Waals surface area contributed by atoms with Gasteiger partial charge >= 0.3 is 0 Å². The van der Waals surface area contributed by atoms with Crippen LogP contribution in [0.4, 0.5) is 0 Å². The van der Waals surface area contributed by atoms with Crippen molar-refractivity contribution in [2.45, 2.75) is 27.2 Å². The molecule has 0 aromatic rings. The Morgan fingerprint density at radius 1 is 0.875 bits per heavy atom. The van der Waals surface area contributed by atoms with Gasteiger partial charge in [0.15, 0.2) is 0 Å². The number of likely N-dealkylation sites (N-methyl/N-ethyl adjacent to an activating group) is 1. The largest absolute Gasteiger partial charge is 0.305 e. The molecule has 5 heteroatoms. The summed E-state index contributed by atoms with van der Waals surface area (Å²) >= 11 is 0. The monoisotopic (exact) mass is 229 g/mol. The Kier molecular flexibility index (Phi) is 10.4. The van der Waals surface area contributed by atoms with Crippen LogP contribution in [0, 0.1) is 0 Å². The van der Waals surface area contributed by atoms with Gasteiger partial charge in [0.05, 0.1) is 6.54 Å². The SMILES string of the molecule is CCN(CC)CCCN(CC)CCN=NN. The molecule has 0 aliphatic heterocycles. The van der Waals surface area contributed by atoms with Crippen LogP contribution in [-0.2, 0) is 0 Å². The standard InChI is InChI=1S/C11H27N5/c1-4-15(5-2)9-7-10-16(6-3)11-8-13-14-12/h4-11H2,1-3H3,(H2,12,13). The van der Waals surface area contributed by atoms with E-state index in [-0.39, 0.29) is 0 Å². The van der Waals surface area contributed by atoms with Crippen LogP contribution in [0.3, 0.4) is 0 Å². The summed E-state index contributed by atoms with van der Waals surface area (Å²) in [5, 5.41) is 7.05. The predicted molar refractivity (Wildman–Crippen MR) is 68.4 cm³/mol. The van der Waals surface area contributed by atoms with Gasteiger partial charge in [-0.25, -0.2) is 0 Å². The van der Waals surface area contributed by atoms with Gasteiger partial charge in [-0.15, -0.1) is 0 Å². The topological polar surface area (TPSA) is 57.2 Å². The maximum Gasteiger partial charge on any atom is 0.0747 e. The van der Waals surface area contributed by atoms with Crippen molar-refractivity contribution >= 4 is 0 Å². The molecule has 16 heavy (non-hydrogen) atoms. The lowest BCUT2D eigenvalue weighted by molar-refractivity contribution is 0.247. The van der Waals surface area contributed by atoms with Crippen molar-refractivity contribution in [1.29, 1.82) is 0 Å². The van der Waals surface area contributed by atoms with Gasteiger partial charge in [0.2, 0.25) is 0 Å². The first-order valence-electron chi connectivity index (χ1n) is 6.29. The molecule has 0 rings (SSSR count). The number of hydrogen-bond acceptors (Lipinski definition) is 4. The van der Waals surface area contributed by atoms with Crippen molar-refractivity contribution in [3.05, 3.63) is 0 Å². The summed E-state index contributed by atoms with van der Waals surface area (Å²) in [6, 6.07) is 0. The molecule has 0 bridgehead atoms. The van der Waals surface area contributed by atoms with E-state index in [2.05, 4.69) is 40.9 Å². The molecule has 0 amide bonds. The predicted octanol–water partition coefficient (Wildman–Crippen LogP) is 1.37. The van der Waals surface area contributed by atoms with Gasteiger partial charge in [-0.1, -0.05) is 26.0 Å². The molecular formula is C11H27N5. The third-order valence-electron chi connectivity index (χ3n) is 2.89. The number of nitrogens with two attached hydrogens (primary N) is 1. The van der Waals surface area contributed by atoms with Crippen molar-refractivity contribution in [3.63, 3.8) is 0 Å². The highest BCUT2D eigenvalue weighted by atomic mass is 15.3. The van der Waals surface area contributed by atoms with E-state index in [1.807, 2.05) is 0 Å². The Hall–Kier alpha value is -0.680. The Bertz CT molecular complexity index is 168. The molecule has 0 aromatic carbocycles. The molecule has 5 nitrogen and oxygen atoms in total. The zero-order valence-corrected chi connectivity index (χ0v) is 11.0. The van der Waals surface area contributed by atoms with Crippen molar-refractivity contribution in [2.24, 2.45) is 16.2 Å². The highest BCUT2D eigenvalue weighted by Gasteiger charge is 2.03. The minimum Gasteiger partial charge on any atom is -0.305 e. The maximum atomic E-state index is 4.97. The lowest BCUT2D eigenvalue weighted by Crippen LogP contribution is -2.31. The molecule has 0 atom stereocenters. The summed E-state index contributed by atoms with van der Waals surface area (Å²) in [7, 11) is 0. The molecule has 96 valence electrons. The lowest BCUT2D eigenvalue weighted by Gasteiger charge is -2.22. The van der Waals surface area contributed by atoms with Crippen LogP contribution in [0.2, 0.25) is 0 Å². The van der Waals surface area contributed by atoms with Crippen LogP contribution >= 0.6 is 0 Å². The van der Waals surface area contributed by atoms with Crippen LogP contribution in [0.5, 0.6) is 0 Å². The normalized spacial score (nSPS) is 12.1. The van der Waals surface area contributed by atoms with Gasteiger partial charge in [0.1, 0.15) is 0 Å². The minimum absolute atomic E-state index is 0.704. The summed E-state index contributed by atoms with van der Waals surface area (Å²) in [5.41, 5.74) is 0. The second-order valence-electron chi connectivity index (χ2n) is 3.80. The lowest BCUT2D eigenvalue weighted by atomic mass is 10.3. The van der Waals surface area contributed by atoms with Crippen molar-refractivity contribution in [3.8, 4) is 0 Å². The Morgan fingerprint density at radius 3 is 1.94 bits per heavy atom. The van der Waals surface area contributed by atoms with E-state index in [4.69, 9.17) is 5.84 Å². The molecule has 0 heterocycles. The summed E-state index contributed by atoms with van der Waals surface area (Å²) in [6.45, 7) is 13.9. The van der Waals surface area contributed by atoms with E-state index < -0.39 is 0 Å². The Balaban J connectivity index is 3.61. The fourth-order valence-corrected chi connectivity index (χ4v) is 1.73. The maximum absolute atomic E-state index is 4.97. The third-order valence-corrected chi connectivity index (χ3v) is 2.89. The van der Waals surface area contributed by atoms with Gasteiger partial charge in [0, 0.05) is 6.54 Å². The first kappa shape index (κ1) is 15.3. The molecule has 0 saturated carbocycles. The highest BCUT2D eigenvalue weighted by Crippen LogP contribution is 1.95. The zero-order valence-electron chi connectivity index (χ0n) is 11.0. The second-order valence-corrected chi connectivity index (χ2v) is 3.80. The van der Waals surface area contributed by atoms with Crippen LogP contribution in [0.25, 0.3) is 0 Å². The van der Waals surface area contributed by atoms with Crippen molar-refractivity contribution < 1.29 is 0 Å². The third kappa shape index (κ3) is 7.59. The molecule has 0 aliphatic carbocycles. The van der Waals surface area contributed by atoms with Crippen molar-refractivity contribution in [1.82, 2.24) is 9.80 Å². The highest BCUT2D eigenvalue weighted by molar-refractivity contribution is 4.59. The quantitative estimate of drug-likeness (QED) is 0.350. The van der Waals surface area contributed by atoms with Crippen LogP contribution < -0.4 is 5.84 Å². The molecule has 0 aromatic heterocycles. The molecular weight excluding hydrogens is 202 g/mol. The zero-order chi connectivity index (χ0) is 12.2. The Labute approximate surface area is 99.7 Å².